The molecule has 14 nitrogen and oxygen atoms in total. The van der Waals surface area contributed by atoms with Crippen LogP contribution in [0.5, 0.6) is 0 Å². The van der Waals surface area contributed by atoms with E-state index in [1.54, 1.807) is 45.2 Å². The molecule has 1 aromatic carbocycles. The van der Waals surface area contributed by atoms with Gasteiger partial charge >= 0.3 is 11.9 Å². The fraction of sp³-hybridized carbons (Fsp3) is 0.581. The second-order valence-electron chi connectivity index (χ2n) is 16.0. The Kier molecular flexibility index (Phi) is 18.4. The van der Waals surface area contributed by atoms with Crippen LogP contribution in [0.25, 0.3) is 0 Å². The number of aliphatic carboxylic acids is 1. The first kappa shape index (κ1) is 47.6. The molecule has 58 heavy (non-hydrogen) atoms. The lowest BCUT2D eigenvalue weighted by atomic mass is 9.84. The highest BCUT2D eigenvalue weighted by Gasteiger charge is 2.38. The number of allylic oxidation sites excluding steroid dienone is 1. The highest BCUT2D eigenvalue weighted by atomic mass is 32.1. The van der Waals surface area contributed by atoms with E-state index in [9.17, 15) is 29.1 Å². The van der Waals surface area contributed by atoms with Crippen molar-refractivity contribution in [2.24, 2.45) is 11.3 Å². The molecule has 1 aliphatic heterocycles. The number of nitrogens with one attached hydrogen (secondary N) is 2. The maximum atomic E-state index is 14.7. The van der Waals surface area contributed by atoms with Gasteiger partial charge in [0, 0.05) is 36.9 Å². The van der Waals surface area contributed by atoms with Crippen LogP contribution in [0.2, 0.25) is 0 Å². The lowest BCUT2D eigenvalue weighted by Crippen LogP contribution is -2.56. The molecule has 5 N–H and O–H groups in total. The number of anilines is 1. The number of rotatable bonds is 21. The Morgan fingerprint density at radius 3 is 2.41 bits per heavy atom. The average molecular weight is 823 g/mol. The maximum Gasteiger partial charge on any atom is 0.309 e. The molecule has 0 aliphatic carbocycles. The molecule has 1 fully saturated rings. The number of nitrogen functional groups attached to an aromatic ring is 1. The summed E-state index contributed by atoms with van der Waals surface area (Å²) in [5.41, 5.74) is 7.30. The number of hydrogen-bond donors (Lipinski definition) is 4. The molecule has 0 bridgehead atoms. The number of hydroxylamine groups is 2. The molecule has 3 rings (SSSR count). The van der Waals surface area contributed by atoms with Crippen LogP contribution in [0.15, 0.2) is 40.9 Å². The SMILES string of the molecule is C#CCCCON(C(=O)[C@@H](NC(=O)[C@H]1CCCCN1C)[C@@H](C)CC)C(C[C@@H](OC(C)=O)c1nc(C(=O)N[C@@H](Cc2ccc(N)cc2)CC(C)(C)C(=O)O)cs1)=C(C)C. The van der Waals surface area contributed by atoms with Gasteiger partial charge in [-0.05, 0) is 97.0 Å². The first-order chi connectivity index (χ1) is 27.4. The molecule has 1 aromatic heterocycles. The van der Waals surface area contributed by atoms with Gasteiger partial charge in [0.1, 0.15) is 16.7 Å². The smallest absolute Gasteiger partial charge is 0.309 e. The predicted octanol–water partition coefficient (Wildman–Crippen LogP) is 6.04. The van der Waals surface area contributed by atoms with Gasteiger partial charge in [-0.2, -0.15) is 5.06 Å². The Hall–Kier alpha value is -4.78. The molecule has 15 heteroatoms. The number of likely N-dealkylation sites (N-methyl/N-ethyl adjacent to an activating group) is 1. The normalized spacial score (nSPS) is 16.5. The van der Waals surface area contributed by atoms with Crippen molar-refractivity contribution in [1.82, 2.24) is 25.6 Å². The minimum Gasteiger partial charge on any atom is -0.481 e. The summed E-state index contributed by atoms with van der Waals surface area (Å²) < 4.78 is 5.80. The summed E-state index contributed by atoms with van der Waals surface area (Å²) in [6.45, 7) is 12.8. The average Bonchev–Trinajstić information content (AvgIpc) is 3.67. The molecule has 1 saturated heterocycles. The Balaban J connectivity index is 1.95. The van der Waals surface area contributed by atoms with E-state index in [0.717, 1.165) is 36.3 Å². The van der Waals surface area contributed by atoms with Crippen molar-refractivity contribution in [2.45, 2.75) is 130 Å². The van der Waals surface area contributed by atoms with Gasteiger partial charge in [0.25, 0.3) is 11.8 Å². The number of thiazole rings is 1. The van der Waals surface area contributed by atoms with E-state index in [-0.39, 0.29) is 43.0 Å². The van der Waals surface area contributed by atoms with Gasteiger partial charge in [0.15, 0.2) is 6.10 Å². The van der Waals surface area contributed by atoms with Crippen molar-refractivity contribution in [3.05, 3.63) is 57.2 Å². The largest absolute Gasteiger partial charge is 0.481 e. The molecular formula is C43H62N6O8S. The number of carboxylic acids is 1. The summed E-state index contributed by atoms with van der Waals surface area (Å²) in [5.74, 6) is -0.503. The molecule has 2 heterocycles. The zero-order valence-corrected chi connectivity index (χ0v) is 36.1. The van der Waals surface area contributed by atoms with Crippen LogP contribution in [-0.4, -0.2) is 88.0 Å². The number of carbonyl (C=O) groups excluding carboxylic acids is 4. The number of carboxylic acid groups (broad SMARTS) is 1. The summed E-state index contributed by atoms with van der Waals surface area (Å²) in [5, 5.41) is 18.9. The summed E-state index contributed by atoms with van der Waals surface area (Å²) >= 11 is 1.11. The first-order valence-corrected chi connectivity index (χ1v) is 20.8. The van der Waals surface area contributed by atoms with Crippen LogP contribution >= 0.6 is 11.3 Å². The van der Waals surface area contributed by atoms with Gasteiger partial charge in [0.2, 0.25) is 5.91 Å². The number of nitrogens with two attached hydrogens (primary N) is 1. The van der Waals surface area contributed by atoms with Crippen LogP contribution in [0.4, 0.5) is 5.69 Å². The number of amides is 3. The van der Waals surface area contributed by atoms with Crippen molar-refractivity contribution in [1.29, 1.82) is 0 Å². The number of ether oxygens (including phenoxy) is 1. The second kappa shape index (κ2) is 22.4. The standard InChI is InChI=1S/C43H62N6O8S/c1-10-12-15-22-56-49(41(53)37(28(5)11-2)47-39(52)34-16-13-14-21-48(34)9)35(27(3)4)24-36(57-29(6)50)40-46-33(26-58-40)38(51)45-32(25-43(7,8)42(54)55)23-30-17-19-31(44)20-18-30/h1,17-20,26,28,32,34,36-37H,11-16,21-25,44H2,2-9H3,(H,45,51)(H,47,52)(H,54,55)/t28-,32-,34+,36+,37-/m0/s1. The molecule has 318 valence electrons. The third-order valence-electron chi connectivity index (χ3n) is 10.4. The number of terminal acetylenes is 1. The number of nitrogens with zero attached hydrogens (tertiary/aromatic N) is 3. The van der Waals surface area contributed by atoms with Gasteiger partial charge in [-0.1, -0.05) is 44.4 Å². The number of esters is 1. The number of aromatic nitrogens is 1. The van der Waals surface area contributed by atoms with E-state index >= 15 is 0 Å². The Morgan fingerprint density at radius 2 is 1.83 bits per heavy atom. The summed E-state index contributed by atoms with van der Waals surface area (Å²) in [6.07, 6.45) is 9.01. The summed E-state index contributed by atoms with van der Waals surface area (Å²) in [7, 11) is 1.91. The predicted molar refractivity (Wildman–Crippen MR) is 224 cm³/mol. The number of carbonyl (C=O) groups is 5. The summed E-state index contributed by atoms with van der Waals surface area (Å²) in [6, 6.07) is 5.29. The fourth-order valence-electron chi connectivity index (χ4n) is 6.73. The highest BCUT2D eigenvalue weighted by molar-refractivity contribution is 7.09. The van der Waals surface area contributed by atoms with Crippen molar-refractivity contribution in [3.8, 4) is 12.3 Å². The second-order valence-corrected chi connectivity index (χ2v) is 16.9. The molecule has 2 aromatic rings. The molecule has 0 spiro atoms. The van der Waals surface area contributed by atoms with Crippen LogP contribution in [0.1, 0.15) is 127 Å². The van der Waals surface area contributed by atoms with Crippen LogP contribution < -0.4 is 16.4 Å². The van der Waals surface area contributed by atoms with E-state index in [1.807, 2.05) is 37.9 Å². The number of hydrogen-bond acceptors (Lipinski definition) is 11. The molecule has 1 aliphatic rings. The zero-order chi connectivity index (χ0) is 43.2. The van der Waals surface area contributed by atoms with Crippen molar-refractivity contribution in [3.63, 3.8) is 0 Å². The molecule has 0 radical (unpaired) electrons. The van der Waals surface area contributed by atoms with Crippen LogP contribution in [-0.2, 0) is 35.2 Å². The third-order valence-corrected chi connectivity index (χ3v) is 11.3. The van der Waals surface area contributed by atoms with Crippen LogP contribution in [0.3, 0.4) is 0 Å². The quantitative estimate of drug-likeness (QED) is 0.0377. The number of unbranched alkanes of at least 4 members (excludes halogenated alkanes) is 1. The van der Waals surface area contributed by atoms with E-state index in [1.165, 1.54) is 12.0 Å². The fourth-order valence-corrected chi connectivity index (χ4v) is 7.56. The number of piperidine rings is 1. The van der Waals surface area contributed by atoms with Crippen molar-refractivity contribution in [2.75, 3.05) is 25.9 Å². The van der Waals surface area contributed by atoms with E-state index < -0.39 is 47.4 Å². The van der Waals surface area contributed by atoms with E-state index in [2.05, 4.69) is 21.5 Å². The van der Waals surface area contributed by atoms with Crippen molar-refractivity contribution < 1.29 is 38.7 Å². The minimum atomic E-state index is -1.14. The lowest BCUT2D eigenvalue weighted by molar-refractivity contribution is -0.181. The molecule has 5 atom stereocenters. The Bertz CT molecular complexity index is 1800. The molecule has 0 saturated carbocycles. The van der Waals surface area contributed by atoms with Gasteiger partial charge in [-0.15, -0.1) is 23.7 Å². The Morgan fingerprint density at radius 1 is 1.14 bits per heavy atom. The first-order valence-electron chi connectivity index (χ1n) is 20.0. The number of benzene rings is 1. The van der Waals surface area contributed by atoms with Crippen molar-refractivity contribution >= 4 is 46.7 Å². The van der Waals surface area contributed by atoms with Crippen LogP contribution in [0, 0.1) is 23.7 Å². The van der Waals surface area contributed by atoms with Gasteiger partial charge < -0.3 is 26.2 Å². The lowest BCUT2D eigenvalue weighted by Gasteiger charge is -2.35. The van der Waals surface area contributed by atoms with Gasteiger partial charge in [-0.3, -0.25) is 33.7 Å². The van der Waals surface area contributed by atoms with Gasteiger partial charge in [-0.25, -0.2) is 4.98 Å². The summed E-state index contributed by atoms with van der Waals surface area (Å²) in [4.78, 5) is 79.4. The molecular weight excluding hydrogens is 761 g/mol. The minimum absolute atomic E-state index is 0.0452. The third kappa shape index (κ3) is 14.0. The molecule has 3 amide bonds. The molecule has 0 unspecified atom stereocenters. The highest BCUT2D eigenvalue weighted by Crippen LogP contribution is 2.33. The topological polar surface area (TPSA) is 193 Å². The van der Waals surface area contributed by atoms with Gasteiger partial charge in [0.05, 0.1) is 23.8 Å². The number of likely N-dealkylation sites (tertiary alicyclic amines) is 1. The monoisotopic (exact) mass is 822 g/mol. The zero-order valence-electron chi connectivity index (χ0n) is 35.3. The van der Waals surface area contributed by atoms with E-state index in [0.29, 0.717) is 54.1 Å². The maximum absolute atomic E-state index is 14.7. The van der Waals surface area contributed by atoms with E-state index in [4.69, 9.17) is 21.7 Å². The Labute approximate surface area is 347 Å².